The summed E-state index contributed by atoms with van der Waals surface area (Å²) in [5.41, 5.74) is 1.23. The second-order valence-electron chi connectivity index (χ2n) is 4.19. The fourth-order valence-corrected chi connectivity index (χ4v) is 2.77. The van der Waals surface area contributed by atoms with Crippen molar-refractivity contribution < 1.29 is 19.4 Å². The van der Waals surface area contributed by atoms with Gasteiger partial charge in [-0.15, -0.1) is 11.3 Å². The maximum absolute atomic E-state index is 12.2. The van der Waals surface area contributed by atoms with Crippen molar-refractivity contribution in [1.82, 2.24) is 0 Å². The lowest BCUT2D eigenvalue weighted by Crippen LogP contribution is -2.14. The van der Waals surface area contributed by atoms with Gasteiger partial charge in [0.15, 0.2) is 6.61 Å². The molecule has 0 atom stereocenters. The Balaban J connectivity index is 2.17. The first kappa shape index (κ1) is 15.3. The Bertz CT molecular complexity index is 683. The predicted octanol–water partition coefficient (Wildman–Crippen LogP) is 3.43. The van der Waals surface area contributed by atoms with Crippen molar-refractivity contribution in [2.45, 2.75) is 6.92 Å². The van der Waals surface area contributed by atoms with Gasteiger partial charge in [-0.3, -0.25) is 4.79 Å². The van der Waals surface area contributed by atoms with Gasteiger partial charge in [0, 0.05) is 0 Å². The van der Waals surface area contributed by atoms with Gasteiger partial charge in [0.1, 0.15) is 10.6 Å². The van der Waals surface area contributed by atoms with Crippen LogP contribution in [0.4, 0.5) is 5.69 Å². The number of nitrogens with one attached hydrogen (secondary N) is 1. The number of carboxylic acid groups (broad SMARTS) is 1. The highest BCUT2D eigenvalue weighted by atomic mass is 35.5. The van der Waals surface area contributed by atoms with Gasteiger partial charge in [0.05, 0.1) is 10.7 Å². The molecule has 0 unspecified atom stereocenters. The topological polar surface area (TPSA) is 75.6 Å². The smallest absolute Gasteiger partial charge is 0.341 e. The minimum atomic E-state index is -1.09. The molecule has 2 aromatic rings. The summed E-state index contributed by atoms with van der Waals surface area (Å²) in [5.74, 6) is -1.16. The Hall–Kier alpha value is -2.05. The first-order valence-electron chi connectivity index (χ1n) is 5.97. The van der Waals surface area contributed by atoms with E-state index in [0.717, 1.165) is 5.56 Å². The van der Waals surface area contributed by atoms with E-state index in [-0.39, 0.29) is 11.7 Å². The van der Waals surface area contributed by atoms with Crippen LogP contribution in [0, 0.1) is 6.92 Å². The van der Waals surface area contributed by atoms with Crippen molar-refractivity contribution in [3.05, 3.63) is 45.1 Å². The number of hydrogen-bond donors (Lipinski definition) is 2. The van der Waals surface area contributed by atoms with Crippen molar-refractivity contribution in [2.75, 3.05) is 11.9 Å². The lowest BCUT2D eigenvalue weighted by molar-refractivity contribution is -0.139. The maximum atomic E-state index is 12.2. The quantitative estimate of drug-likeness (QED) is 0.883. The molecule has 0 fully saturated rings. The van der Waals surface area contributed by atoms with E-state index in [9.17, 15) is 9.59 Å². The highest BCUT2D eigenvalue weighted by Gasteiger charge is 2.16. The molecule has 1 heterocycles. The van der Waals surface area contributed by atoms with E-state index in [2.05, 4.69) is 5.32 Å². The molecule has 1 aromatic carbocycles. The molecule has 0 aliphatic carbocycles. The summed E-state index contributed by atoms with van der Waals surface area (Å²) in [4.78, 5) is 23.1. The number of carboxylic acids is 1. The standard InChI is InChI=1S/C14H12ClNO4S/c1-8-7-21-13(12(8)15)14(19)16-9-4-2-3-5-10(9)20-6-11(17)18/h2-5,7H,6H2,1H3,(H,16,19)(H,17,18). The first-order valence-corrected chi connectivity index (χ1v) is 7.23. The third-order valence-electron chi connectivity index (χ3n) is 2.59. The first-order chi connectivity index (χ1) is 9.99. The SMILES string of the molecule is Cc1csc(C(=O)Nc2ccccc2OCC(=O)O)c1Cl. The number of hydrogen-bond acceptors (Lipinski definition) is 4. The minimum absolute atomic E-state index is 0.289. The van der Waals surface area contributed by atoms with Gasteiger partial charge in [-0.2, -0.15) is 0 Å². The molecule has 0 spiro atoms. The summed E-state index contributed by atoms with van der Waals surface area (Å²) in [6, 6.07) is 6.61. The van der Waals surface area contributed by atoms with Gasteiger partial charge in [-0.1, -0.05) is 23.7 Å². The van der Waals surface area contributed by atoms with Crippen molar-refractivity contribution in [3.63, 3.8) is 0 Å². The summed E-state index contributed by atoms with van der Waals surface area (Å²) in [6.45, 7) is 1.34. The number of halogens is 1. The number of rotatable bonds is 5. The van der Waals surface area contributed by atoms with Crippen LogP contribution in [0.2, 0.25) is 5.02 Å². The van der Waals surface area contributed by atoms with E-state index < -0.39 is 12.6 Å². The van der Waals surface area contributed by atoms with Crippen molar-refractivity contribution in [2.24, 2.45) is 0 Å². The summed E-state index contributed by atoms with van der Waals surface area (Å²) < 4.78 is 5.13. The van der Waals surface area contributed by atoms with E-state index in [1.807, 2.05) is 6.92 Å². The van der Waals surface area contributed by atoms with Crippen molar-refractivity contribution >= 4 is 40.5 Å². The molecule has 5 nitrogen and oxygen atoms in total. The van der Waals surface area contributed by atoms with Crippen LogP contribution in [0.3, 0.4) is 0 Å². The maximum Gasteiger partial charge on any atom is 0.341 e. The second kappa shape index (κ2) is 6.60. The summed E-state index contributed by atoms with van der Waals surface area (Å²) in [7, 11) is 0. The van der Waals surface area contributed by atoms with Crippen LogP contribution >= 0.6 is 22.9 Å². The van der Waals surface area contributed by atoms with E-state index >= 15 is 0 Å². The minimum Gasteiger partial charge on any atom is -0.480 e. The Morgan fingerprint density at radius 1 is 1.38 bits per heavy atom. The van der Waals surface area contributed by atoms with Crippen LogP contribution in [0.25, 0.3) is 0 Å². The van der Waals surface area contributed by atoms with Gasteiger partial charge < -0.3 is 15.2 Å². The monoisotopic (exact) mass is 325 g/mol. The normalized spacial score (nSPS) is 10.2. The fourth-order valence-electron chi connectivity index (χ4n) is 1.60. The molecule has 0 aliphatic rings. The number of carbonyl (C=O) groups is 2. The predicted molar refractivity (Wildman–Crippen MR) is 81.6 cm³/mol. The summed E-state index contributed by atoms with van der Waals surface area (Å²) in [5, 5.41) is 13.5. The molecule has 0 aliphatic heterocycles. The molecule has 7 heteroatoms. The van der Waals surface area contributed by atoms with Gasteiger partial charge in [0.25, 0.3) is 5.91 Å². The van der Waals surface area contributed by atoms with Crippen molar-refractivity contribution in [3.8, 4) is 5.75 Å². The van der Waals surface area contributed by atoms with Crippen LogP contribution in [0.5, 0.6) is 5.75 Å². The summed E-state index contributed by atoms with van der Waals surface area (Å²) in [6.07, 6.45) is 0. The highest BCUT2D eigenvalue weighted by molar-refractivity contribution is 7.13. The molecule has 0 saturated carbocycles. The lowest BCUT2D eigenvalue weighted by Gasteiger charge is -2.10. The van der Waals surface area contributed by atoms with Crippen LogP contribution < -0.4 is 10.1 Å². The molecule has 21 heavy (non-hydrogen) atoms. The van der Waals surface area contributed by atoms with E-state index in [1.54, 1.807) is 29.6 Å². The zero-order valence-electron chi connectivity index (χ0n) is 11.1. The second-order valence-corrected chi connectivity index (χ2v) is 5.45. The number of thiophene rings is 1. The number of aliphatic carboxylic acids is 1. The number of para-hydroxylation sites is 2. The number of aryl methyl sites for hydroxylation is 1. The molecule has 1 aromatic heterocycles. The van der Waals surface area contributed by atoms with E-state index in [4.69, 9.17) is 21.4 Å². The Labute approximate surface area is 130 Å². The average molecular weight is 326 g/mol. The molecule has 1 amide bonds. The molecule has 2 N–H and O–H groups in total. The average Bonchev–Trinajstić information content (AvgIpc) is 2.78. The van der Waals surface area contributed by atoms with Crippen LogP contribution in [-0.4, -0.2) is 23.6 Å². The van der Waals surface area contributed by atoms with Crippen molar-refractivity contribution in [1.29, 1.82) is 0 Å². The highest BCUT2D eigenvalue weighted by Crippen LogP contribution is 2.30. The van der Waals surface area contributed by atoms with Crippen LogP contribution in [0.15, 0.2) is 29.6 Å². The number of amides is 1. The lowest BCUT2D eigenvalue weighted by atomic mass is 10.2. The zero-order chi connectivity index (χ0) is 15.4. The third-order valence-corrected chi connectivity index (χ3v) is 4.29. The van der Waals surface area contributed by atoms with Gasteiger partial charge >= 0.3 is 5.97 Å². The molecular weight excluding hydrogens is 314 g/mol. The fraction of sp³-hybridized carbons (Fsp3) is 0.143. The van der Waals surface area contributed by atoms with E-state index in [0.29, 0.717) is 15.6 Å². The Morgan fingerprint density at radius 3 is 2.71 bits per heavy atom. The Kier molecular flexibility index (Phi) is 4.82. The number of carbonyl (C=O) groups excluding carboxylic acids is 1. The molecular formula is C14H12ClNO4S. The molecule has 2 rings (SSSR count). The molecule has 0 radical (unpaired) electrons. The van der Waals surface area contributed by atoms with Crippen LogP contribution in [0.1, 0.15) is 15.2 Å². The molecule has 0 saturated heterocycles. The van der Waals surface area contributed by atoms with Gasteiger partial charge in [-0.05, 0) is 30.0 Å². The number of anilines is 1. The van der Waals surface area contributed by atoms with Crippen LogP contribution in [-0.2, 0) is 4.79 Å². The van der Waals surface area contributed by atoms with E-state index in [1.165, 1.54) is 11.3 Å². The largest absolute Gasteiger partial charge is 0.480 e. The zero-order valence-corrected chi connectivity index (χ0v) is 12.6. The molecule has 110 valence electrons. The summed E-state index contributed by atoms with van der Waals surface area (Å²) >= 11 is 7.30. The van der Waals surface area contributed by atoms with Gasteiger partial charge in [-0.25, -0.2) is 4.79 Å². The van der Waals surface area contributed by atoms with Gasteiger partial charge in [0.2, 0.25) is 0 Å². The Morgan fingerprint density at radius 2 is 2.10 bits per heavy atom. The third kappa shape index (κ3) is 3.74. The molecule has 0 bridgehead atoms. The number of ether oxygens (including phenoxy) is 1. The number of benzene rings is 1.